The largest absolute Gasteiger partial charge is 0.494 e. The molecule has 1 N–H and O–H groups in total. The van der Waals surface area contributed by atoms with Gasteiger partial charge in [0.05, 0.1) is 17.1 Å². The van der Waals surface area contributed by atoms with Crippen molar-refractivity contribution in [3.8, 4) is 0 Å². The standard InChI is InChI=1S/C15H14ClF3N2O4/c1-21(14(23)12-8-24-4-5-25-12)7-13(22)20-9-2-3-11(16)10(6-9)15(17,18)19/h2-3,6,8H,4-5,7H2,1H3,(H,20,22). The predicted molar refractivity (Wildman–Crippen MR) is 82.7 cm³/mol. The van der Waals surface area contributed by atoms with Crippen molar-refractivity contribution in [1.82, 2.24) is 4.90 Å². The zero-order valence-electron chi connectivity index (χ0n) is 13.0. The van der Waals surface area contributed by atoms with Crippen molar-refractivity contribution >= 4 is 29.1 Å². The van der Waals surface area contributed by atoms with Gasteiger partial charge in [0.1, 0.15) is 19.5 Å². The average molecular weight is 379 g/mol. The number of anilines is 1. The van der Waals surface area contributed by atoms with E-state index >= 15 is 0 Å². The van der Waals surface area contributed by atoms with Crippen LogP contribution in [0.1, 0.15) is 5.56 Å². The highest BCUT2D eigenvalue weighted by atomic mass is 35.5. The van der Waals surface area contributed by atoms with Crippen LogP contribution in [0.4, 0.5) is 18.9 Å². The third-order valence-corrected chi connectivity index (χ3v) is 3.47. The number of likely N-dealkylation sites (N-methyl/N-ethyl adjacent to an activating group) is 1. The number of alkyl halides is 3. The van der Waals surface area contributed by atoms with Gasteiger partial charge in [0.25, 0.3) is 5.91 Å². The molecule has 0 saturated heterocycles. The molecular weight excluding hydrogens is 365 g/mol. The summed E-state index contributed by atoms with van der Waals surface area (Å²) in [5.74, 6) is -1.31. The second-order valence-corrected chi connectivity index (χ2v) is 5.51. The van der Waals surface area contributed by atoms with E-state index in [2.05, 4.69) is 5.32 Å². The summed E-state index contributed by atoms with van der Waals surface area (Å²) in [5, 5.41) is 1.81. The first-order chi connectivity index (χ1) is 11.7. The number of halogens is 4. The maximum atomic E-state index is 12.8. The highest BCUT2D eigenvalue weighted by Gasteiger charge is 2.33. The molecule has 1 aromatic carbocycles. The first-order valence-electron chi connectivity index (χ1n) is 7.05. The van der Waals surface area contributed by atoms with Crippen molar-refractivity contribution in [1.29, 1.82) is 0 Å². The summed E-state index contributed by atoms with van der Waals surface area (Å²) >= 11 is 5.51. The molecule has 0 aromatic heterocycles. The topological polar surface area (TPSA) is 67.9 Å². The zero-order valence-corrected chi connectivity index (χ0v) is 13.8. The molecule has 0 spiro atoms. The molecule has 0 atom stereocenters. The molecule has 2 amide bonds. The lowest BCUT2D eigenvalue weighted by Gasteiger charge is -2.21. The molecule has 1 aliphatic heterocycles. The number of carbonyl (C=O) groups excluding carboxylic acids is 2. The number of nitrogens with one attached hydrogen (secondary N) is 1. The van der Waals surface area contributed by atoms with Crippen molar-refractivity contribution < 1.29 is 32.2 Å². The van der Waals surface area contributed by atoms with E-state index in [1.165, 1.54) is 13.1 Å². The fourth-order valence-electron chi connectivity index (χ4n) is 1.98. The van der Waals surface area contributed by atoms with Gasteiger partial charge in [-0.05, 0) is 18.2 Å². The summed E-state index contributed by atoms with van der Waals surface area (Å²) in [6, 6.07) is 2.99. The van der Waals surface area contributed by atoms with E-state index in [9.17, 15) is 22.8 Å². The van der Waals surface area contributed by atoms with E-state index in [0.29, 0.717) is 6.61 Å². The minimum Gasteiger partial charge on any atom is -0.494 e. The number of hydrogen-bond acceptors (Lipinski definition) is 4. The number of carbonyl (C=O) groups is 2. The molecule has 25 heavy (non-hydrogen) atoms. The highest BCUT2D eigenvalue weighted by molar-refractivity contribution is 6.31. The summed E-state index contributed by atoms with van der Waals surface area (Å²) in [5.41, 5.74) is -1.15. The molecule has 0 saturated carbocycles. The summed E-state index contributed by atoms with van der Waals surface area (Å²) in [7, 11) is 1.35. The number of amides is 2. The van der Waals surface area contributed by atoms with Crippen LogP contribution in [0.2, 0.25) is 5.02 Å². The Bertz CT molecular complexity index is 707. The number of nitrogens with zero attached hydrogens (tertiary/aromatic N) is 1. The van der Waals surface area contributed by atoms with E-state index in [1.807, 2.05) is 0 Å². The van der Waals surface area contributed by atoms with Crippen molar-refractivity contribution in [2.24, 2.45) is 0 Å². The van der Waals surface area contributed by atoms with Crippen LogP contribution in [-0.4, -0.2) is 43.5 Å². The normalized spacial score (nSPS) is 14.0. The second-order valence-electron chi connectivity index (χ2n) is 5.10. The van der Waals surface area contributed by atoms with Crippen molar-refractivity contribution in [2.75, 3.05) is 32.1 Å². The molecule has 1 aromatic rings. The molecule has 136 valence electrons. The van der Waals surface area contributed by atoms with Gasteiger partial charge in [0.2, 0.25) is 11.7 Å². The highest BCUT2D eigenvalue weighted by Crippen LogP contribution is 2.36. The van der Waals surface area contributed by atoms with Crippen LogP contribution in [-0.2, 0) is 25.2 Å². The van der Waals surface area contributed by atoms with Gasteiger partial charge in [-0.2, -0.15) is 13.2 Å². The van der Waals surface area contributed by atoms with Crippen molar-refractivity contribution in [3.63, 3.8) is 0 Å². The number of benzene rings is 1. The molecule has 0 bridgehead atoms. The van der Waals surface area contributed by atoms with E-state index < -0.39 is 28.6 Å². The Hall–Kier alpha value is -2.42. The molecule has 0 fully saturated rings. The Labute approximate surface area is 146 Å². The van der Waals surface area contributed by atoms with Gasteiger partial charge >= 0.3 is 6.18 Å². The molecule has 6 nitrogen and oxygen atoms in total. The first kappa shape index (κ1) is 18.9. The summed E-state index contributed by atoms with van der Waals surface area (Å²) in [4.78, 5) is 25.0. The monoisotopic (exact) mass is 378 g/mol. The maximum absolute atomic E-state index is 12.8. The summed E-state index contributed by atoms with van der Waals surface area (Å²) in [6.07, 6.45) is -3.50. The van der Waals surface area contributed by atoms with Crippen LogP contribution >= 0.6 is 11.6 Å². The van der Waals surface area contributed by atoms with Gasteiger partial charge in [0, 0.05) is 12.7 Å². The quantitative estimate of drug-likeness (QED) is 0.874. The number of rotatable bonds is 4. The minimum atomic E-state index is -4.64. The summed E-state index contributed by atoms with van der Waals surface area (Å²) in [6.45, 7) is 0.144. The minimum absolute atomic E-state index is 0.0487. The fourth-order valence-corrected chi connectivity index (χ4v) is 2.20. The van der Waals surface area contributed by atoms with Crippen molar-refractivity contribution in [2.45, 2.75) is 6.18 Å². The Morgan fingerprint density at radius 2 is 2.04 bits per heavy atom. The maximum Gasteiger partial charge on any atom is 0.417 e. The van der Waals surface area contributed by atoms with E-state index in [1.54, 1.807) is 0 Å². The van der Waals surface area contributed by atoms with Gasteiger partial charge < -0.3 is 19.7 Å². The second kappa shape index (κ2) is 7.64. The van der Waals surface area contributed by atoms with Crippen LogP contribution in [0.25, 0.3) is 0 Å². The van der Waals surface area contributed by atoms with Crippen LogP contribution in [0.3, 0.4) is 0 Å². The Kier molecular flexibility index (Phi) is 5.78. The van der Waals surface area contributed by atoms with Crippen LogP contribution in [0.15, 0.2) is 30.2 Å². The fraction of sp³-hybridized carbons (Fsp3) is 0.333. The molecule has 2 rings (SSSR count). The third kappa shape index (κ3) is 5.02. The molecule has 0 aliphatic carbocycles. The lowest BCUT2D eigenvalue weighted by Crippen LogP contribution is -2.37. The smallest absolute Gasteiger partial charge is 0.417 e. The molecule has 0 unspecified atom stereocenters. The Morgan fingerprint density at radius 1 is 1.32 bits per heavy atom. The van der Waals surface area contributed by atoms with Gasteiger partial charge in [0.15, 0.2) is 0 Å². The lowest BCUT2D eigenvalue weighted by atomic mass is 10.2. The average Bonchev–Trinajstić information content (AvgIpc) is 2.55. The number of ether oxygens (including phenoxy) is 2. The van der Waals surface area contributed by atoms with Gasteiger partial charge in [-0.1, -0.05) is 11.6 Å². The Morgan fingerprint density at radius 3 is 2.64 bits per heavy atom. The van der Waals surface area contributed by atoms with Gasteiger partial charge in [-0.15, -0.1) is 0 Å². The third-order valence-electron chi connectivity index (χ3n) is 3.14. The molecular formula is C15H14ClF3N2O4. The van der Waals surface area contributed by atoms with Crippen LogP contribution < -0.4 is 5.32 Å². The Balaban J connectivity index is 2.00. The SMILES string of the molecule is CN(CC(=O)Nc1ccc(Cl)c(C(F)(F)F)c1)C(=O)C1=COCCO1. The first-order valence-corrected chi connectivity index (χ1v) is 7.43. The molecule has 10 heteroatoms. The van der Waals surface area contributed by atoms with E-state index in [4.69, 9.17) is 21.1 Å². The van der Waals surface area contributed by atoms with Crippen LogP contribution in [0.5, 0.6) is 0 Å². The zero-order chi connectivity index (χ0) is 18.6. The van der Waals surface area contributed by atoms with Crippen LogP contribution in [0, 0.1) is 0 Å². The van der Waals surface area contributed by atoms with Gasteiger partial charge in [-0.3, -0.25) is 9.59 Å². The summed E-state index contributed by atoms with van der Waals surface area (Å²) < 4.78 is 48.5. The van der Waals surface area contributed by atoms with E-state index in [-0.39, 0.29) is 24.6 Å². The molecule has 0 radical (unpaired) electrons. The van der Waals surface area contributed by atoms with E-state index in [0.717, 1.165) is 23.3 Å². The van der Waals surface area contributed by atoms with Crippen molar-refractivity contribution in [3.05, 3.63) is 40.8 Å². The predicted octanol–water partition coefficient (Wildman–Crippen LogP) is 2.64. The molecule has 1 heterocycles. The van der Waals surface area contributed by atoms with Gasteiger partial charge in [-0.25, -0.2) is 0 Å². The number of hydrogen-bond donors (Lipinski definition) is 1. The lowest BCUT2D eigenvalue weighted by molar-refractivity contribution is -0.137. The molecule has 1 aliphatic rings.